The summed E-state index contributed by atoms with van der Waals surface area (Å²) >= 11 is 0. The van der Waals surface area contributed by atoms with Crippen molar-refractivity contribution >= 4 is 26.4 Å². The van der Waals surface area contributed by atoms with E-state index >= 15 is 0 Å². The van der Waals surface area contributed by atoms with E-state index in [4.69, 9.17) is 9.16 Å². The molecule has 0 saturated carbocycles. The van der Waals surface area contributed by atoms with Gasteiger partial charge in [-0.2, -0.15) is 0 Å². The molecule has 1 rings (SSSR count). The van der Waals surface area contributed by atoms with Gasteiger partial charge in [0.2, 0.25) is 0 Å². The first-order valence-corrected chi connectivity index (χ1v) is 11.9. The summed E-state index contributed by atoms with van der Waals surface area (Å²) in [6, 6.07) is -2.54. The quantitative estimate of drug-likeness (QED) is 0.503. The molecule has 0 aromatic heterocycles. The van der Waals surface area contributed by atoms with Gasteiger partial charge in [0.25, 0.3) is 0 Å². The van der Waals surface area contributed by atoms with Crippen molar-refractivity contribution in [2.75, 3.05) is 6.54 Å². The Kier molecular flexibility index (Phi) is 6.93. The Labute approximate surface area is 161 Å². The lowest BCUT2D eigenvalue weighted by Crippen LogP contribution is -2.57. The second-order valence-corrected chi connectivity index (χ2v) is 14.0. The highest BCUT2D eigenvalue weighted by Crippen LogP contribution is 2.37. The molecule has 0 bridgehead atoms. The largest absolute Gasteiger partial charge is 0.480 e. The number of carboxylic acids is 1. The molecule has 10 heteroatoms. The molecule has 9 nitrogen and oxygen atoms in total. The summed E-state index contributed by atoms with van der Waals surface area (Å²) in [5, 5.41) is 16.9. The van der Waals surface area contributed by atoms with Crippen molar-refractivity contribution in [3.8, 4) is 0 Å². The van der Waals surface area contributed by atoms with Gasteiger partial charge < -0.3 is 30.2 Å². The maximum absolute atomic E-state index is 12.0. The molecule has 0 aromatic rings. The average Bonchev–Trinajstić information content (AvgIpc) is 2.82. The summed E-state index contributed by atoms with van der Waals surface area (Å²) in [6.07, 6.45) is -1.35. The molecule has 156 valence electrons. The molecule has 1 aliphatic heterocycles. The number of ether oxygens (including phenoxy) is 1. The maximum atomic E-state index is 12.0. The van der Waals surface area contributed by atoms with E-state index in [0.717, 1.165) is 0 Å². The van der Waals surface area contributed by atoms with Gasteiger partial charge in [-0.3, -0.25) is 0 Å². The molecular formula is C17H33N3O6Si. The van der Waals surface area contributed by atoms with E-state index < -0.39 is 50.2 Å². The molecule has 1 fully saturated rings. The third kappa shape index (κ3) is 6.69. The number of alkyl carbamates (subject to hydrolysis) is 1. The minimum absolute atomic E-state index is 0.0117. The standard InChI is InChI=1S/C17H33N3O6Si/c1-16(2,3)25-15(24)18-9-10(26-27(7,8)17(4,5)6)11-12(13(21)22)20-14(23)19-11/h10-12H,9H2,1-8H3,(H,18,24)(H,21,22)(H2,19,20,23)/t10?,11-,12+/m1/s1. The fourth-order valence-corrected chi connectivity index (χ4v) is 3.67. The summed E-state index contributed by atoms with van der Waals surface area (Å²) in [7, 11) is -2.30. The van der Waals surface area contributed by atoms with Crippen LogP contribution in [0.15, 0.2) is 0 Å². The van der Waals surface area contributed by atoms with Gasteiger partial charge in [0.15, 0.2) is 14.4 Å². The molecular weight excluding hydrogens is 370 g/mol. The molecule has 3 amide bonds. The number of carboxylic acid groups (broad SMARTS) is 1. The number of nitrogens with one attached hydrogen (secondary N) is 3. The van der Waals surface area contributed by atoms with Crippen LogP contribution < -0.4 is 16.0 Å². The van der Waals surface area contributed by atoms with Crippen molar-refractivity contribution in [1.82, 2.24) is 16.0 Å². The summed E-state index contributed by atoms with van der Waals surface area (Å²) in [4.78, 5) is 35.3. The summed E-state index contributed by atoms with van der Waals surface area (Å²) in [5.41, 5.74) is -0.660. The molecule has 0 spiro atoms. The van der Waals surface area contributed by atoms with Crippen molar-refractivity contribution in [2.24, 2.45) is 0 Å². The number of aliphatic carboxylic acids is 1. The molecule has 0 aliphatic carbocycles. The van der Waals surface area contributed by atoms with Crippen LogP contribution in [0, 0.1) is 0 Å². The number of carbonyl (C=O) groups is 3. The van der Waals surface area contributed by atoms with Crippen LogP contribution in [-0.2, 0) is 14.0 Å². The molecule has 1 unspecified atom stereocenters. The van der Waals surface area contributed by atoms with Gasteiger partial charge in [0.1, 0.15) is 5.60 Å². The first-order valence-electron chi connectivity index (χ1n) is 8.98. The first-order chi connectivity index (χ1) is 12.0. The normalized spacial score (nSPS) is 21.9. The van der Waals surface area contributed by atoms with Crippen molar-refractivity contribution in [3.63, 3.8) is 0 Å². The molecule has 3 atom stereocenters. The number of amides is 3. The molecule has 1 heterocycles. The predicted molar refractivity (Wildman–Crippen MR) is 103 cm³/mol. The molecule has 4 N–H and O–H groups in total. The Morgan fingerprint density at radius 2 is 1.74 bits per heavy atom. The van der Waals surface area contributed by atoms with Gasteiger partial charge in [0.05, 0.1) is 12.1 Å². The third-order valence-corrected chi connectivity index (χ3v) is 9.21. The minimum atomic E-state index is -2.30. The maximum Gasteiger partial charge on any atom is 0.407 e. The number of hydrogen-bond acceptors (Lipinski definition) is 5. The molecule has 0 aromatic carbocycles. The SMILES string of the molecule is CC(C)(C)OC(=O)NCC(O[Si](C)(C)C(C)(C)C)[C@H]1NC(=O)N[C@@H]1C(=O)O. The lowest BCUT2D eigenvalue weighted by Gasteiger charge is -2.41. The van der Waals surface area contributed by atoms with Crippen LogP contribution in [0.3, 0.4) is 0 Å². The summed E-state index contributed by atoms with van der Waals surface area (Å²) < 4.78 is 11.6. The fraction of sp³-hybridized carbons (Fsp3) is 0.824. The lowest BCUT2D eigenvalue weighted by molar-refractivity contribution is -0.140. The Morgan fingerprint density at radius 1 is 1.19 bits per heavy atom. The molecule has 0 radical (unpaired) electrons. The molecule has 27 heavy (non-hydrogen) atoms. The van der Waals surface area contributed by atoms with Crippen LogP contribution in [0.4, 0.5) is 9.59 Å². The lowest BCUT2D eigenvalue weighted by atomic mass is 10.0. The van der Waals surface area contributed by atoms with Crippen LogP contribution in [0.5, 0.6) is 0 Å². The zero-order valence-electron chi connectivity index (χ0n) is 17.4. The third-order valence-electron chi connectivity index (χ3n) is 4.71. The topological polar surface area (TPSA) is 126 Å². The molecule has 1 aliphatic rings. The Balaban J connectivity index is 3.01. The highest BCUT2D eigenvalue weighted by molar-refractivity contribution is 6.74. The van der Waals surface area contributed by atoms with Crippen molar-refractivity contribution in [3.05, 3.63) is 0 Å². The monoisotopic (exact) mass is 403 g/mol. The second kappa shape index (κ2) is 8.05. The Morgan fingerprint density at radius 3 is 2.19 bits per heavy atom. The van der Waals surface area contributed by atoms with E-state index in [1.54, 1.807) is 20.8 Å². The molecule has 1 saturated heterocycles. The van der Waals surface area contributed by atoms with E-state index in [9.17, 15) is 19.5 Å². The highest BCUT2D eigenvalue weighted by Gasteiger charge is 2.47. The van der Waals surface area contributed by atoms with Crippen molar-refractivity contribution < 1.29 is 28.7 Å². The predicted octanol–water partition coefficient (Wildman–Crippen LogP) is 2.04. The van der Waals surface area contributed by atoms with Gasteiger partial charge in [0, 0.05) is 6.54 Å². The van der Waals surface area contributed by atoms with Gasteiger partial charge >= 0.3 is 18.1 Å². The van der Waals surface area contributed by atoms with Crippen LogP contribution in [0.1, 0.15) is 41.5 Å². The summed E-state index contributed by atoms with van der Waals surface area (Å²) in [5.74, 6) is -1.17. The Hall–Kier alpha value is -1.81. The van der Waals surface area contributed by atoms with Crippen LogP contribution >= 0.6 is 0 Å². The average molecular weight is 404 g/mol. The van der Waals surface area contributed by atoms with E-state index in [1.165, 1.54) is 0 Å². The van der Waals surface area contributed by atoms with Crippen molar-refractivity contribution in [1.29, 1.82) is 0 Å². The Bertz CT molecular complexity index is 582. The van der Waals surface area contributed by atoms with E-state index in [1.807, 2.05) is 13.1 Å². The number of rotatable bonds is 6. The smallest absolute Gasteiger partial charge is 0.407 e. The van der Waals surface area contributed by atoms with Gasteiger partial charge in [-0.25, -0.2) is 14.4 Å². The number of hydrogen-bond donors (Lipinski definition) is 4. The zero-order chi connectivity index (χ0) is 21.2. The van der Waals surface area contributed by atoms with E-state index in [2.05, 4.69) is 36.7 Å². The number of carbonyl (C=O) groups excluding carboxylic acids is 2. The summed E-state index contributed by atoms with van der Waals surface area (Å²) in [6.45, 7) is 15.5. The van der Waals surface area contributed by atoms with Crippen LogP contribution in [0.25, 0.3) is 0 Å². The van der Waals surface area contributed by atoms with Crippen molar-refractivity contribution in [2.45, 2.75) is 83.5 Å². The van der Waals surface area contributed by atoms with Crippen LogP contribution in [0.2, 0.25) is 18.1 Å². The van der Waals surface area contributed by atoms with Gasteiger partial charge in [-0.1, -0.05) is 20.8 Å². The minimum Gasteiger partial charge on any atom is -0.480 e. The fourth-order valence-electron chi connectivity index (χ4n) is 2.33. The van der Waals surface area contributed by atoms with Gasteiger partial charge in [-0.15, -0.1) is 0 Å². The highest BCUT2D eigenvalue weighted by atomic mass is 28.4. The zero-order valence-corrected chi connectivity index (χ0v) is 18.4. The van der Waals surface area contributed by atoms with E-state index in [-0.39, 0.29) is 11.6 Å². The van der Waals surface area contributed by atoms with Crippen LogP contribution in [-0.4, -0.2) is 61.9 Å². The van der Waals surface area contributed by atoms with Gasteiger partial charge in [-0.05, 0) is 38.9 Å². The van der Waals surface area contributed by atoms with E-state index in [0.29, 0.717) is 0 Å². The first kappa shape index (κ1) is 23.2. The number of urea groups is 1. The second-order valence-electron chi connectivity index (χ2n) is 9.26.